The van der Waals surface area contributed by atoms with E-state index < -0.39 is 0 Å². The van der Waals surface area contributed by atoms with Crippen molar-refractivity contribution >= 4 is 45.7 Å². The standard InChI is InChI=1S/C25H17ClFN3OS2/c26-21-13-19(4-5-23(21)31-16-17-2-1-3-18(27)12-17)29-22-14-30(9-6-25-28-8-11-33-25)15-24-20(22)7-10-32-24/h1-5,7-8,10-14,29H,15-16H2. The van der Waals surface area contributed by atoms with Crippen LogP contribution in [-0.2, 0) is 13.2 Å². The minimum absolute atomic E-state index is 0.237. The van der Waals surface area contributed by atoms with E-state index in [1.807, 2.05) is 40.7 Å². The van der Waals surface area contributed by atoms with Gasteiger partial charge in [0.25, 0.3) is 0 Å². The van der Waals surface area contributed by atoms with Crippen LogP contribution in [0.3, 0.4) is 0 Å². The van der Waals surface area contributed by atoms with Gasteiger partial charge in [0.1, 0.15) is 18.2 Å². The number of thiazole rings is 1. The van der Waals surface area contributed by atoms with Crippen molar-refractivity contribution in [1.29, 1.82) is 0 Å². The van der Waals surface area contributed by atoms with Gasteiger partial charge < -0.3 is 15.0 Å². The maximum atomic E-state index is 13.4. The molecule has 0 saturated heterocycles. The molecule has 164 valence electrons. The van der Waals surface area contributed by atoms with Crippen LogP contribution in [0.1, 0.15) is 21.0 Å². The van der Waals surface area contributed by atoms with Gasteiger partial charge in [0, 0.05) is 39.9 Å². The lowest BCUT2D eigenvalue weighted by molar-refractivity contribution is 0.306. The molecule has 0 spiro atoms. The number of hydrogen-bond donors (Lipinski definition) is 1. The predicted molar refractivity (Wildman–Crippen MR) is 133 cm³/mol. The largest absolute Gasteiger partial charge is 0.487 e. The summed E-state index contributed by atoms with van der Waals surface area (Å²) in [5.41, 5.74) is 3.66. The normalized spacial score (nSPS) is 12.4. The summed E-state index contributed by atoms with van der Waals surface area (Å²) in [6, 6.07) is 17.1. The van der Waals surface area contributed by atoms with Crippen LogP contribution < -0.4 is 10.1 Å². The first-order chi connectivity index (χ1) is 16.1. The van der Waals surface area contributed by atoms with Gasteiger partial charge in [-0.2, -0.15) is 0 Å². The number of rotatable bonds is 5. The molecule has 0 fully saturated rings. The Balaban J connectivity index is 1.32. The molecule has 5 rings (SSSR count). The van der Waals surface area contributed by atoms with E-state index in [1.54, 1.807) is 23.6 Å². The van der Waals surface area contributed by atoms with Crippen LogP contribution in [0.5, 0.6) is 5.75 Å². The van der Waals surface area contributed by atoms with Gasteiger partial charge in [0.05, 0.1) is 17.3 Å². The number of aromatic nitrogens is 1. The van der Waals surface area contributed by atoms with Gasteiger partial charge in [0.2, 0.25) is 0 Å². The Morgan fingerprint density at radius 3 is 2.91 bits per heavy atom. The number of ether oxygens (including phenoxy) is 1. The third-order valence-corrected chi connectivity index (χ3v) is 6.76. The monoisotopic (exact) mass is 493 g/mol. The molecule has 0 amide bonds. The predicted octanol–water partition coefficient (Wildman–Crippen LogP) is 6.81. The van der Waals surface area contributed by atoms with Crippen LogP contribution in [0.25, 0.3) is 5.70 Å². The quantitative estimate of drug-likeness (QED) is 0.310. The van der Waals surface area contributed by atoms with Crippen molar-refractivity contribution in [3.8, 4) is 17.7 Å². The van der Waals surface area contributed by atoms with Crippen LogP contribution >= 0.6 is 34.3 Å². The molecule has 0 unspecified atom stereocenters. The zero-order valence-electron chi connectivity index (χ0n) is 17.2. The van der Waals surface area contributed by atoms with Crippen LogP contribution in [0.2, 0.25) is 5.02 Å². The van der Waals surface area contributed by atoms with Crippen molar-refractivity contribution in [3.05, 3.63) is 104 Å². The lowest BCUT2D eigenvalue weighted by Crippen LogP contribution is -2.18. The molecule has 1 aliphatic heterocycles. The Bertz CT molecular complexity index is 1370. The fourth-order valence-corrected chi connectivity index (χ4v) is 4.94. The van der Waals surface area contributed by atoms with E-state index in [1.165, 1.54) is 28.3 Å². The summed E-state index contributed by atoms with van der Waals surface area (Å²) in [5.74, 6) is 3.35. The average Bonchev–Trinajstić information content (AvgIpc) is 3.49. The highest BCUT2D eigenvalue weighted by molar-refractivity contribution is 7.10. The zero-order chi connectivity index (χ0) is 22.6. The SMILES string of the molecule is Fc1cccc(COc2ccc(NC3=CN(C#Cc4nccs4)Cc4sccc43)cc2Cl)c1. The lowest BCUT2D eigenvalue weighted by atomic mass is 10.1. The van der Waals surface area contributed by atoms with Gasteiger partial charge in [-0.25, -0.2) is 9.37 Å². The summed E-state index contributed by atoms with van der Waals surface area (Å²) in [7, 11) is 0. The molecule has 0 saturated carbocycles. The number of anilines is 1. The van der Waals surface area contributed by atoms with Crippen molar-refractivity contribution in [2.45, 2.75) is 13.2 Å². The minimum Gasteiger partial charge on any atom is -0.487 e. The van der Waals surface area contributed by atoms with Crippen LogP contribution in [0, 0.1) is 17.8 Å². The molecule has 4 nitrogen and oxygen atoms in total. The fraction of sp³-hybridized carbons (Fsp3) is 0.0800. The van der Waals surface area contributed by atoms with Gasteiger partial charge in [-0.05, 0) is 53.3 Å². The molecule has 0 atom stereocenters. The molecule has 8 heteroatoms. The highest BCUT2D eigenvalue weighted by Gasteiger charge is 2.18. The molecule has 2 aromatic carbocycles. The smallest absolute Gasteiger partial charge is 0.168 e. The molecular weight excluding hydrogens is 477 g/mol. The number of hydrogen-bond acceptors (Lipinski definition) is 6. The van der Waals surface area contributed by atoms with Gasteiger partial charge in [0.15, 0.2) is 5.01 Å². The van der Waals surface area contributed by atoms with Crippen LogP contribution in [0.4, 0.5) is 10.1 Å². The molecule has 33 heavy (non-hydrogen) atoms. The Kier molecular flexibility index (Phi) is 6.31. The number of benzene rings is 2. The molecule has 2 aromatic heterocycles. The van der Waals surface area contributed by atoms with E-state index in [-0.39, 0.29) is 12.4 Å². The number of fused-ring (bicyclic) bond motifs is 1. The molecule has 1 aliphatic rings. The number of nitrogens with zero attached hydrogens (tertiary/aromatic N) is 2. The first kappa shape index (κ1) is 21.5. The highest BCUT2D eigenvalue weighted by atomic mass is 35.5. The number of thiophene rings is 1. The summed E-state index contributed by atoms with van der Waals surface area (Å²) >= 11 is 9.68. The second kappa shape index (κ2) is 9.67. The molecular formula is C25H17ClFN3OS2. The van der Waals surface area contributed by atoms with Crippen molar-refractivity contribution in [2.75, 3.05) is 5.32 Å². The van der Waals surface area contributed by atoms with E-state index in [0.717, 1.165) is 34.1 Å². The summed E-state index contributed by atoms with van der Waals surface area (Å²) in [5, 5.41) is 8.70. The van der Waals surface area contributed by atoms with E-state index in [9.17, 15) is 4.39 Å². The summed E-state index contributed by atoms with van der Waals surface area (Å²) in [6.07, 6.45) is 3.75. The molecule has 1 N–H and O–H groups in total. The first-order valence-electron chi connectivity index (χ1n) is 10.0. The summed E-state index contributed by atoms with van der Waals surface area (Å²) in [4.78, 5) is 7.41. The maximum absolute atomic E-state index is 13.4. The number of nitrogens with one attached hydrogen (secondary N) is 1. The van der Waals surface area contributed by atoms with Crippen molar-refractivity contribution in [2.24, 2.45) is 0 Å². The minimum atomic E-state index is -0.291. The van der Waals surface area contributed by atoms with E-state index >= 15 is 0 Å². The second-order valence-corrected chi connectivity index (χ2v) is 9.49. The summed E-state index contributed by atoms with van der Waals surface area (Å²) in [6.45, 7) is 0.963. The van der Waals surface area contributed by atoms with Gasteiger partial charge in [-0.1, -0.05) is 23.7 Å². The lowest BCUT2D eigenvalue weighted by Gasteiger charge is -2.23. The Morgan fingerprint density at radius 1 is 1.15 bits per heavy atom. The van der Waals surface area contributed by atoms with Crippen LogP contribution in [-0.4, -0.2) is 9.88 Å². The van der Waals surface area contributed by atoms with Crippen molar-refractivity contribution < 1.29 is 9.13 Å². The molecule has 3 heterocycles. The molecule has 0 aliphatic carbocycles. The van der Waals surface area contributed by atoms with E-state index in [4.69, 9.17) is 16.3 Å². The average molecular weight is 494 g/mol. The Morgan fingerprint density at radius 2 is 2.09 bits per heavy atom. The molecule has 0 radical (unpaired) electrons. The molecule has 4 aromatic rings. The first-order valence-corrected chi connectivity index (χ1v) is 12.2. The fourth-order valence-electron chi connectivity index (χ4n) is 3.34. The maximum Gasteiger partial charge on any atom is 0.168 e. The highest BCUT2D eigenvalue weighted by Crippen LogP contribution is 2.34. The van der Waals surface area contributed by atoms with Crippen LogP contribution in [0.15, 0.2) is 71.7 Å². The van der Waals surface area contributed by atoms with Crippen molar-refractivity contribution in [1.82, 2.24) is 9.88 Å². The number of halogens is 2. The van der Waals surface area contributed by atoms with E-state index in [2.05, 4.69) is 33.7 Å². The third kappa shape index (κ3) is 5.20. The van der Waals surface area contributed by atoms with Gasteiger partial charge >= 0.3 is 0 Å². The van der Waals surface area contributed by atoms with Crippen molar-refractivity contribution in [3.63, 3.8) is 0 Å². The van der Waals surface area contributed by atoms with E-state index in [0.29, 0.717) is 10.8 Å². The Labute approximate surface area is 203 Å². The second-order valence-electron chi connectivity index (χ2n) is 7.19. The van der Waals surface area contributed by atoms with Gasteiger partial charge in [-0.3, -0.25) is 0 Å². The topological polar surface area (TPSA) is 37.4 Å². The van der Waals surface area contributed by atoms with Gasteiger partial charge in [-0.15, -0.1) is 22.7 Å². The summed E-state index contributed by atoms with van der Waals surface area (Å²) < 4.78 is 19.1. The zero-order valence-corrected chi connectivity index (χ0v) is 19.6. The Hall–Kier alpha value is -3.31. The molecule has 0 bridgehead atoms. The third-order valence-electron chi connectivity index (χ3n) is 4.87.